The van der Waals surface area contributed by atoms with E-state index in [0.29, 0.717) is 25.2 Å². The highest BCUT2D eigenvalue weighted by atomic mass is 16.5. The first-order valence-electron chi connectivity index (χ1n) is 6.68. The summed E-state index contributed by atoms with van der Waals surface area (Å²) in [6.07, 6.45) is 2.92. The summed E-state index contributed by atoms with van der Waals surface area (Å²) in [6.45, 7) is 8.22. The average Bonchev–Trinajstić information content (AvgIpc) is 2.40. The van der Waals surface area contributed by atoms with Crippen molar-refractivity contribution >= 4 is 5.97 Å². The molecule has 3 nitrogen and oxygen atoms in total. The molecule has 0 amide bonds. The van der Waals surface area contributed by atoms with Gasteiger partial charge in [0, 0.05) is 12.0 Å². The van der Waals surface area contributed by atoms with E-state index in [1.54, 1.807) is 6.92 Å². The number of rotatable bonds is 8. The lowest BCUT2D eigenvalue weighted by Crippen LogP contribution is -2.09. The molecule has 0 fully saturated rings. The molecule has 0 N–H and O–H groups in total. The van der Waals surface area contributed by atoms with Gasteiger partial charge in [-0.2, -0.15) is 0 Å². The lowest BCUT2D eigenvalue weighted by molar-refractivity contribution is -0.139. The van der Waals surface area contributed by atoms with Crippen LogP contribution < -0.4 is 4.74 Å². The minimum atomic E-state index is -0.344. The molecule has 1 aromatic carbocycles. The summed E-state index contributed by atoms with van der Waals surface area (Å²) in [4.78, 5) is 11.1. The Hall–Kier alpha value is -1.77. The molecule has 0 atom stereocenters. The van der Waals surface area contributed by atoms with Crippen LogP contribution in [-0.4, -0.2) is 19.2 Å². The molecular formula is C16H22O3. The van der Waals surface area contributed by atoms with Gasteiger partial charge in [0.25, 0.3) is 0 Å². The molecule has 0 saturated heterocycles. The van der Waals surface area contributed by atoms with Gasteiger partial charge in [-0.3, -0.25) is 0 Å². The van der Waals surface area contributed by atoms with E-state index in [0.717, 1.165) is 18.6 Å². The van der Waals surface area contributed by atoms with Crippen molar-refractivity contribution in [2.24, 2.45) is 0 Å². The summed E-state index contributed by atoms with van der Waals surface area (Å²) >= 11 is 0. The van der Waals surface area contributed by atoms with E-state index >= 15 is 0 Å². The summed E-state index contributed by atoms with van der Waals surface area (Å²) in [5, 5.41) is 0. The first-order valence-corrected chi connectivity index (χ1v) is 6.68. The van der Waals surface area contributed by atoms with E-state index in [9.17, 15) is 4.79 Å². The Morgan fingerprint density at radius 1 is 1.21 bits per heavy atom. The maximum Gasteiger partial charge on any atom is 0.333 e. The maximum absolute atomic E-state index is 11.1. The molecule has 0 unspecified atom stereocenters. The predicted octanol–water partition coefficient (Wildman–Crippen LogP) is 3.53. The Balaban J connectivity index is 2.19. The van der Waals surface area contributed by atoms with Crippen molar-refractivity contribution in [2.45, 2.75) is 33.1 Å². The molecular weight excluding hydrogens is 240 g/mol. The highest BCUT2D eigenvalue weighted by molar-refractivity contribution is 5.86. The van der Waals surface area contributed by atoms with Gasteiger partial charge in [0.15, 0.2) is 0 Å². The number of carbonyl (C=O) groups excluding carboxylic acids is 1. The molecule has 1 aromatic rings. The summed E-state index contributed by atoms with van der Waals surface area (Å²) in [5.41, 5.74) is 1.75. The van der Waals surface area contributed by atoms with E-state index < -0.39 is 0 Å². The normalized spacial score (nSPS) is 10.0. The number of carbonyl (C=O) groups is 1. The van der Waals surface area contributed by atoms with Gasteiger partial charge in [-0.1, -0.05) is 32.1 Å². The lowest BCUT2D eigenvalue weighted by atomic mass is 10.1. The molecule has 3 heteroatoms. The fourth-order valence-electron chi connectivity index (χ4n) is 1.58. The topological polar surface area (TPSA) is 35.5 Å². The van der Waals surface area contributed by atoms with Crippen molar-refractivity contribution in [1.29, 1.82) is 0 Å². The molecule has 0 aromatic heterocycles. The molecule has 0 spiro atoms. The van der Waals surface area contributed by atoms with Gasteiger partial charge in [0.05, 0.1) is 13.2 Å². The zero-order valence-corrected chi connectivity index (χ0v) is 11.8. The molecule has 1 rings (SSSR count). The predicted molar refractivity (Wildman–Crippen MR) is 76.3 cm³/mol. The van der Waals surface area contributed by atoms with Crippen LogP contribution >= 0.6 is 0 Å². The smallest absolute Gasteiger partial charge is 0.333 e. The van der Waals surface area contributed by atoms with Crippen LogP contribution in [0.3, 0.4) is 0 Å². The summed E-state index contributed by atoms with van der Waals surface area (Å²) in [6, 6.07) is 8.12. The van der Waals surface area contributed by atoms with Crippen molar-refractivity contribution in [3.8, 4) is 5.75 Å². The highest BCUT2D eigenvalue weighted by Crippen LogP contribution is 2.13. The molecule has 0 aliphatic rings. The van der Waals surface area contributed by atoms with E-state index in [-0.39, 0.29) is 5.97 Å². The second kappa shape index (κ2) is 8.35. The third-order valence-corrected chi connectivity index (χ3v) is 2.60. The van der Waals surface area contributed by atoms with Gasteiger partial charge >= 0.3 is 5.97 Å². The summed E-state index contributed by atoms with van der Waals surface area (Å²) in [7, 11) is 0. The third-order valence-electron chi connectivity index (χ3n) is 2.60. The van der Waals surface area contributed by atoms with Gasteiger partial charge in [-0.25, -0.2) is 4.79 Å². The van der Waals surface area contributed by atoms with E-state index in [2.05, 4.69) is 25.6 Å². The van der Waals surface area contributed by atoms with Crippen LogP contribution in [0.25, 0.3) is 0 Å². The van der Waals surface area contributed by atoms with Crippen LogP contribution in [0.5, 0.6) is 5.75 Å². The third kappa shape index (κ3) is 6.09. The van der Waals surface area contributed by atoms with Crippen LogP contribution in [0.2, 0.25) is 0 Å². The standard InChI is InChI=1S/C16H22O3/c1-4-6-14-7-9-15(10-8-14)18-11-5-12-19-16(17)13(2)3/h7-10H,2,4-6,11-12H2,1,3H3. The maximum atomic E-state index is 11.1. The lowest BCUT2D eigenvalue weighted by Gasteiger charge is -2.07. The molecule has 0 saturated carbocycles. The average molecular weight is 262 g/mol. The molecule has 0 aliphatic heterocycles. The summed E-state index contributed by atoms with van der Waals surface area (Å²) < 4.78 is 10.5. The SMILES string of the molecule is C=C(C)C(=O)OCCCOc1ccc(CCC)cc1. The van der Waals surface area contributed by atoms with Gasteiger partial charge < -0.3 is 9.47 Å². The number of ether oxygens (including phenoxy) is 2. The number of aryl methyl sites for hydroxylation is 1. The van der Waals surface area contributed by atoms with E-state index in [1.165, 1.54) is 5.56 Å². The quantitative estimate of drug-likeness (QED) is 0.408. The molecule has 0 bridgehead atoms. The van der Waals surface area contributed by atoms with Crippen molar-refractivity contribution in [3.63, 3.8) is 0 Å². The van der Waals surface area contributed by atoms with E-state index in [4.69, 9.17) is 9.47 Å². The number of esters is 1. The molecule has 0 radical (unpaired) electrons. The Kier molecular flexibility index (Phi) is 6.72. The van der Waals surface area contributed by atoms with E-state index in [1.807, 2.05) is 12.1 Å². The number of benzene rings is 1. The zero-order chi connectivity index (χ0) is 14.1. The number of hydrogen-bond acceptors (Lipinski definition) is 3. The van der Waals surface area contributed by atoms with Gasteiger partial charge in [0.1, 0.15) is 5.75 Å². The highest BCUT2D eigenvalue weighted by Gasteiger charge is 2.02. The second-order valence-corrected chi connectivity index (χ2v) is 4.51. The Bertz CT molecular complexity index is 407. The second-order valence-electron chi connectivity index (χ2n) is 4.51. The van der Waals surface area contributed by atoms with Crippen molar-refractivity contribution < 1.29 is 14.3 Å². The van der Waals surface area contributed by atoms with Crippen LogP contribution in [0.15, 0.2) is 36.4 Å². The first-order chi connectivity index (χ1) is 9.13. The molecule has 19 heavy (non-hydrogen) atoms. The first kappa shape index (κ1) is 15.3. The van der Waals surface area contributed by atoms with Crippen LogP contribution in [0, 0.1) is 0 Å². The minimum absolute atomic E-state index is 0.344. The van der Waals surface area contributed by atoms with Crippen molar-refractivity contribution in [2.75, 3.05) is 13.2 Å². The fourth-order valence-corrected chi connectivity index (χ4v) is 1.58. The molecule has 0 heterocycles. The van der Waals surface area contributed by atoms with Gasteiger partial charge in [-0.15, -0.1) is 0 Å². The van der Waals surface area contributed by atoms with Gasteiger partial charge in [0.2, 0.25) is 0 Å². The minimum Gasteiger partial charge on any atom is -0.493 e. The van der Waals surface area contributed by atoms with Crippen LogP contribution in [0.1, 0.15) is 32.3 Å². The monoisotopic (exact) mass is 262 g/mol. The van der Waals surface area contributed by atoms with Crippen LogP contribution in [0.4, 0.5) is 0 Å². The molecule has 104 valence electrons. The summed E-state index contributed by atoms with van der Waals surface area (Å²) in [5.74, 6) is 0.509. The Labute approximate surface area is 115 Å². The Morgan fingerprint density at radius 3 is 2.47 bits per heavy atom. The fraction of sp³-hybridized carbons (Fsp3) is 0.438. The number of hydrogen-bond donors (Lipinski definition) is 0. The van der Waals surface area contributed by atoms with Gasteiger partial charge in [-0.05, 0) is 31.0 Å². The van der Waals surface area contributed by atoms with Crippen molar-refractivity contribution in [1.82, 2.24) is 0 Å². The van der Waals surface area contributed by atoms with Crippen molar-refractivity contribution in [3.05, 3.63) is 42.0 Å². The van der Waals surface area contributed by atoms with Crippen LogP contribution in [-0.2, 0) is 16.0 Å². The Morgan fingerprint density at radius 2 is 1.89 bits per heavy atom. The molecule has 0 aliphatic carbocycles. The zero-order valence-electron chi connectivity index (χ0n) is 11.8. The largest absolute Gasteiger partial charge is 0.493 e.